The van der Waals surface area contributed by atoms with Crippen molar-refractivity contribution in [3.05, 3.63) is 69.1 Å². The maximum Gasteiger partial charge on any atom is 0.260 e. The molecule has 0 aliphatic carbocycles. The summed E-state index contributed by atoms with van der Waals surface area (Å²) in [6.07, 6.45) is 1.93. The van der Waals surface area contributed by atoms with Gasteiger partial charge >= 0.3 is 0 Å². The Kier molecular flexibility index (Phi) is 5.40. The van der Waals surface area contributed by atoms with E-state index in [-0.39, 0.29) is 11.4 Å². The Hall–Kier alpha value is -1.91. The third kappa shape index (κ3) is 4.39. The lowest BCUT2D eigenvalue weighted by Gasteiger charge is -2.15. The van der Waals surface area contributed by atoms with Crippen LogP contribution in [0.4, 0.5) is 5.69 Å². The van der Waals surface area contributed by atoms with Crippen LogP contribution in [-0.4, -0.2) is 11.4 Å². The molecule has 1 saturated heterocycles. The highest BCUT2D eigenvalue weighted by Gasteiger charge is 2.27. The third-order valence-electron chi connectivity index (χ3n) is 4.12. The number of aryl methyl sites for hydroxylation is 1. The zero-order valence-electron chi connectivity index (χ0n) is 14.5. The number of thioether (sulfide) groups is 1. The van der Waals surface area contributed by atoms with E-state index in [0.29, 0.717) is 15.8 Å². The molecular weight excluding hydrogens is 352 g/mol. The molecule has 0 bridgehead atoms. The van der Waals surface area contributed by atoms with Crippen LogP contribution in [0.3, 0.4) is 0 Å². The van der Waals surface area contributed by atoms with Gasteiger partial charge in [-0.05, 0) is 47.7 Å². The van der Waals surface area contributed by atoms with E-state index in [1.54, 1.807) is 0 Å². The van der Waals surface area contributed by atoms with Crippen molar-refractivity contribution in [2.75, 3.05) is 5.32 Å². The molecule has 1 aliphatic rings. The number of benzene rings is 2. The van der Waals surface area contributed by atoms with Crippen LogP contribution in [0.5, 0.6) is 0 Å². The van der Waals surface area contributed by atoms with Crippen LogP contribution in [0.1, 0.15) is 36.5 Å². The molecule has 3 nitrogen and oxygen atoms in total. The number of nitrogens with one attached hydrogen (secondary N) is 2. The summed E-state index contributed by atoms with van der Waals surface area (Å²) in [7, 11) is 0. The van der Waals surface area contributed by atoms with Gasteiger partial charge in [0, 0.05) is 10.7 Å². The van der Waals surface area contributed by atoms with Crippen LogP contribution in [0.2, 0.25) is 5.02 Å². The van der Waals surface area contributed by atoms with Crippen LogP contribution in [0.15, 0.2) is 47.4 Å². The van der Waals surface area contributed by atoms with Crippen molar-refractivity contribution in [3.63, 3.8) is 0 Å². The van der Waals surface area contributed by atoms with Gasteiger partial charge in [-0.2, -0.15) is 0 Å². The number of amides is 1. The summed E-state index contributed by atoms with van der Waals surface area (Å²) in [4.78, 5) is 12.9. The molecule has 1 atom stereocenters. The monoisotopic (exact) mass is 372 g/mol. The van der Waals surface area contributed by atoms with Crippen molar-refractivity contribution in [2.24, 2.45) is 0 Å². The Labute approximate surface area is 157 Å². The largest absolute Gasteiger partial charge is 0.356 e. The van der Waals surface area contributed by atoms with E-state index in [4.69, 9.17) is 11.6 Å². The number of anilines is 1. The molecule has 0 aromatic heterocycles. The zero-order valence-corrected chi connectivity index (χ0v) is 16.0. The average Bonchev–Trinajstić information content (AvgIpc) is 2.91. The predicted octanol–water partition coefficient (Wildman–Crippen LogP) is 5.37. The molecule has 1 aliphatic heterocycles. The van der Waals surface area contributed by atoms with Crippen molar-refractivity contribution >= 4 is 41.0 Å². The summed E-state index contributed by atoms with van der Waals surface area (Å²) in [5.41, 5.74) is 4.13. The summed E-state index contributed by atoms with van der Waals surface area (Å²) in [5, 5.41) is 6.95. The Morgan fingerprint density at radius 3 is 2.60 bits per heavy atom. The number of carbonyl (C=O) groups is 1. The normalized spacial score (nSPS) is 18.7. The molecular formula is C20H21ClN2OS. The molecule has 130 valence electrons. The first-order chi connectivity index (χ1) is 11.9. The van der Waals surface area contributed by atoms with E-state index in [9.17, 15) is 4.79 Å². The van der Waals surface area contributed by atoms with Gasteiger partial charge in [0.1, 0.15) is 0 Å². The van der Waals surface area contributed by atoms with E-state index in [1.807, 2.05) is 31.2 Å². The Morgan fingerprint density at radius 2 is 1.92 bits per heavy atom. The van der Waals surface area contributed by atoms with Crippen molar-refractivity contribution in [1.29, 1.82) is 0 Å². The van der Waals surface area contributed by atoms with Gasteiger partial charge in [-0.25, -0.2) is 0 Å². The summed E-state index contributed by atoms with van der Waals surface area (Å²) in [6.45, 7) is 6.34. The first kappa shape index (κ1) is 17.9. The second-order valence-corrected chi connectivity index (χ2v) is 7.99. The number of hydrogen-bond donors (Lipinski definition) is 2. The minimum atomic E-state index is -0.203. The molecule has 1 amide bonds. The average molecular weight is 373 g/mol. The Bertz CT molecular complexity index is 815. The second-order valence-electron chi connectivity index (χ2n) is 6.40. The lowest BCUT2D eigenvalue weighted by molar-refractivity contribution is -0.116. The van der Waals surface area contributed by atoms with Gasteiger partial charge in [0.2, 0.25) is 0 Å². The zero-order chi connectivity index (χ0) is 18.0. The van der Waals surface area contributed by atoms with Crippen LogP contribution >= 0.6 is 23.4 Å². The fourth-order valence-corrected chi connectivity index (χ4v) is 3.73. The van der Waals surface area contributed by atoms with Gasteiger partial charge in [0.25, 0.3) is 5.91 Å². The van der Waals surface area contributed by atoms with E-state index in [0.717, 1.165) is 16.8 Å². The van der Waals surface area contributed by atoms with Crippen LogP contribution < -0.4 is 10.6 Å². The van der Waals surface area contributed by atoms with Gasteiger partial charge in [-0.3, -0.25) is 4.79 Å². The second kappa shape index (κ2) is 7.54. The first-order valence-corrected chi connectivity index (χ1v) is 9.50. The summed E-state index contributed by atoms with van der Waals surface area (Å²) in [5.74, 6) is 0.440. The van der Waals surface area contributed by atoms with Gasteiger partial charge in [0.05, 0.1) is 4.91 Å². The van der Waals surface area contributed by atoms with E-state index >= 15 is 0 Å². The fourth-order valence-electron chi connectivity index (χ4n) is 2.58. The first-order valence-electron chi connectivity index (χ1n) is 8.24. The smallest absolute Gasteiger partial charge is 0.260 e. The SMILES string of the molecule is Cc1ccc(Cl)cc1NC1NC(=O)/C(=C/c2ccc(C(C)C)cc2)S1. The van der Waals surface area contributed by atoms with Crippen LogP contribution in [0.25, 0.3) is 6.08 Å². The fraction of sp³-hybridized carbons (Fsp3) is 0.250. The predicted molar refractivity (Wildman–Crippen MR) is 108 cm³/mol. The molecule has 3 rings (SSSR count). The number of rotatable bonds is 4. The minimum absolute atomic E-state index is 0.0601. The highest BCUT2D eigenvalue weighted by atomic mass is 35.5. The van der Waals surface area contributed by atoms with Gasteiger partial charge < -0.3 is 10.6 Å². The van der Waals surface area contributed by atoms with Crippen LogP contribution in [0, 0.1) is 6.92 Å². The van der Waals surface area contributed by atoms with Crippen molar-refractivity contribution in [2.45, 2.75) is 32.2 Å². The van der Waals surface area contributed by atoms with Crippen molar-refractivity contribution < 1.29 is 4.79 Å². The molecule has 1 heterocycles. The van der Waals surface area contributed by atoms with Crippen molar-refractivity contribution in [1.82, 2.24) is 5.32 Å². The quantitative estimate of drug-likeness (QED) is 0.708. The summed E-state index contributed by atoms with van der Waals surface area (Å²) < 4.78 is 0. The lowest BCUT2D eigenvalue weighted by atomic mass is 10.0. The van der Waals surface area contributed by atoms with E-state index < -0.39 is 0 Å². The maximum atomic E-state index is 12.2. The maximum absolute atomic E-state index is 12.2. The van der Waals surface area contributed by atoms with Crippen LogP contribution in [-0.2, 0) is 4.79 Å². The molecule has 5 heteroatoms. The highest BCUT2D eigenvalue weighted by Crippen LogP contribution is 2.31. The minimum Gasteiger partial charge on any atom is -0.356 e. The Balaban J connectivity index is 1.72. The van der Waals surface area contributed by atoms with E-state index in [1.165, 1.54) is 17.3 Å². The molecule has 25 heavy (non-hydrogen) atoms. The third-order valence-corrected chi connectivity index (χ3v) is 5.38. The molecule has 2 aromatic carbocycles. The number of carbonyl (C=O) groups excluding carboxylic acids is 1. The molecule has 0 spiro atoms. The molecule has 0 radical (unpaired) electrons. The molecule has 2 N–H and O–H groups in total. The Morgan fingerprint density at radius 1 is 1.20 bits per heavy atom. The summed E-state index contributed by atoms with van der Waals surface area (Å²) in [6, 6.07) is 14.0. The van der Waals surface area contributed by atoms with Gasteiger partial charge in [-0.1, -0.05) is 67.5 Å². The molecule has 2 aromatic rings. The van der Waals surface area contributed by atoms with Gasteiger partial charge in [-0.15, -0.1) is 0 Å². The number of hydrogen-bond acceptors (Lipinski definition) is 3. The van der Waals surface area contributed by atoms with E-state index in [2.05, 4.69) is 48.7 Å². The molecule has 1 unspecified atom stereocenters. The standard InChI is InChI=1S/C20H21ClN2OS/c1-12(2)15-7-5-14(6-8-15)10-18-19(24)23-20(25-18)22-17-11-16(21)9-4-13(17)3/h4-12,20,22H,1-3H3,(H,23,24)/b18-10-. The van der Waals surface area contributed by atoms with Gasteiger partial charge in [0.15, 0.2) is 5.50 Å². The lowest BCUT2D eigenvalue weighted by Crippen LogP contribution is -2.31. The number of halogens is 1. The topological polar surface area (TPSA) is 41.1 Å². The molecule has 1 fully saturated rings. The summed E-state index contributed by atoms with van der Waals surface area (Å²) >= 11 is 7.54. The van der Waals surface area contributed by atoms with Crippen molar-refractivity contribution in [3.8, 4) is 0 Å². The molecule has 0 saturated carbocycles. The highest BCUT2D eigenvalue weighted by molar-refractivity contribution is 8.05.